The van der Waals surface area contributed by atoms with Crippen molar-refractivity contribution in [2.45, 2.75) is 114 Å². The molecule has 194 valence electrons. The third kappa shape index (κ3) is 3.33. The Bertz CT molecular complexity index is 826. The summed E-state index contributed by atoms with van der Waals surface area (Å²) in [6.07, 6.45) is -1.59. The zero-order chi connectivity index (χ0) is 24.8. The molecule has 8 nitrogen and oxygen atoms in total. The van der Waals surface area contributed by atoms with E-state index in [1.54, 1.807) is 0 Å². The molecule has 6 N–H and O–H groups in total. The topological polar surface area (TPSA) is 140 Å². The van der Waals surface area contributed by atoms with E-state index in [1.807, 2.05) is 20.8 Å². The Morgan fingerprint density at radius 1 is 1.00 bits per heavy atom. The van der Waals surface area contributed by atoms with Crippen molar-refractivity contribution in [3.8, 4) is 0 Å². The largest absolute Gasteiger partial charge is 0.394 e. The number of rotatable bonds is 3. The summed E-state index contributed by atoms with van der Waals surface area (Å²) in [4.78, 5) is 0. The predicted octanol–water partition coefficient (Wildman–Crippen LogP) is 0.856. The molecule has 5 rings (SSSR count). The first-order chi connectivity index (χ1) is 15.8. The van der Waals surface area contributed by atoms with E-state index in [0.717, 1.165) is 37.7 Å². The highest BCUT2D eigenvalue weighted by atomic mass is 16.7. The first kappa shape index (κ1) is 25.1. The maximum atomic E-state index is 12.2. The number of hydrogen-bond donors (Lipinski definition) is 6. The third-order valence-corrected chi connectivity index (χ3v) is 10.8. The molecule has 1 heterocycles. The molecule has 2 bridgehead atoms. The highest BCUT2D eigenvalue weighted by Gasteiger charge is 2.67. The molecule has 0 radical (unpaired) electrons. The molecule has 0 amide bonds. The third-order valence-electron chi connectivity index (χ3n) is 10.8. The van der Waals surface area contributed by atoms with Gasteiger partial charge >= 0.3 is 0 Å². The molecule has 0 aromatic carbocycles. The van der Waals surface area contributed by atoms with Crippen molar-refractivity contribution in [2.75, 3.05) is 6.61 Å². The van der Waals surface area contributed by atoms with Crippen LogP contribution in [0.1, 0.15) is 65.7 Å². The predicted molar refractivity (Wildman–Crippen MR) is 122 cm³/mol. The van der Waals surface area contributed by atoms with Gasteiger partial charge in [-0.2, -0.15) is 0 Å². The first-order valence-electron chi connectivity index (χ1n) is 12.9. The molecule has 8 heteroatoms. The lowest BCUT2D eigenvalue weighted by molar-refractivity contribution is -0.319. The molecule has 0 aromatic rings. The fourth-order valence-electron chi connectivity index (χ4n) is 8.57. The van der Waals surface area contributed by atoms with Crippen LogP contribution in [-0.4, -0.2) is 85.3 Å². The molecular weight excluding hydrogens is 440 g/mol. The Morgan fingerprint density at radius 3 is 2.38 bits per heavy atom. The van der Waals surface area contributed by atoms with Gasteiger partial charge < -0.3 is 40.1 Å². The summed E-state index contributed by atoms with van der Waals surface area (Å²) >= 11 is 0. The average molecular weight is 483 g/mol. The number of hydrogen-bond acceptors (Lipinski definition) is 8. The van der Waals surface area contributed by atoms with E-state index in [0.29, 0.717) is 18.8 Å². The van der Waals surface area contributed by atoms with Gasteiger partial charge in [0.05, 0.1) is 23.9 Å². The van der Waals surface area contributed by atoms with Crippen LogP contribution in [0.4, 0.5) is 0 Å². The summed E-state index contributed by atoms with van der Waals surface area (Å²) in [6.45, 7) is 9.91. The molecule has 1 spiro atoms. The summed E-state index contributed by atoms with van der Waals surface area (Å²) in [5.41, 5.74) is -1.42. The normalized spacial score (nSPS) is 56.6. The smallest absolute Gasteiger partial charge is 0.186 e. The van der Waals surface area contributed by atoms with Gasteiger partial charge in [0.25, 0.3) is 0 Å². The lowest BCUT2D eigenvalue weighted by atomic mass is 9.63. The molecule has 34 heavy (non-hydrogen) atoms. The van der Waals surface area contributed by atoms with Gasteiger partial charge in [0, 0.05) is 11.3 Å². The van der Waals surface area contributed by atoms with Crippen molar-refractivity contribution < 1.29 is 40.1 Å². The highest BCUT2D eigenvalue weighted by Crippen LogP contribution is 2.69. The minimum Gasteiger partial charge on any atom is -0.394 e. The molecule has 4 saturated carbocycles. The zero-order valence-corrected chi connectivity index (χ0v) is 20.6. The fraction of sp³-hybridized carbons (Fsp3) is 0.923. The monoisotopic (exact) mass is 482 g/mol. The van der Waals surface area contributed by atoms with Gasteiger partial charge in [-0.05, 0) is 69.1 Å². The van der Waals surface area contributed by atoms with Crippen LogP contribution in [0.15, 0.2) is 12.2 Å². The van der Waals surface area contributed by atoms with Gasteiger partial charge in [0.15, 0.2) is 6.29 Å². The van der Waals surface area contributed by atoms with Crippen molar-refractivity contribution >= 4 is 0 Å². The highest BCUT2D eigenvalue weighted by molar-refractivity contribution is 5.28. The van der Waals surface area contributed by atoms with Crippen molar-refractivity contribution in [1.82, 2.24) is 0 Å². The van der Waals surface area contributed by atoms with Crippen LogP contribution in [0.25, 0.3) is 0 Å². The fourth-order valence-corrected chi connectivity index (χ4v) is 8.57. The summed E-state index contributed by atoms with van der Waals surface area (Å²) in [7, 11) is 0. The number of aliphatic hydroxyl groups is 6. The van der Waals surface area contributed by atoms with Gasteiger partial charge in [-0.15, -0.1) is 0 Å². The second-order valence-corrected chi connectivity index (χ2v) is 12.8. The van der Waals surface area contributed by atoms with Gasteiger partial charge in [0.2, 0.25) is 0 Å². The Kier molecular flexibility index (Phi) is 5.87. The van der Waals surface area contributed by atoms with Crippen LogP contribution < -0.4 is 0 Å². The second-order valence-electron chi connectivity index (χ2n) is 12.8. The van der Waals surface area contributed by atoms with Gasteiger partial charge in [-0.3, -0.25) is 0 Å². The van der Waals surface area contributed by atoms with Crippen LogP contribution in [0.3, 0.4) is 0 Å². The van der Waals surface area contributed by atoms with Gasteiger partial charge in [0.1, 0.15) is 24.4 Å². The molecule has 0 unspecified atom stereocenters. The minimum atomic E-state index is -1.51. The SMILES string of the molecule is C=C1[C@@H]2CC[C@@H]3C[C@@]2(CC[C@@]2(O)[C@H]1C[C@H](O[C@@H]1O[C@H](CO)[C@@H](O)[C@H](O)[C@H]1O)C2(C)C)C[C@@]3(C)O. The molecule has 4 aliphatic carbocycles. The number of ether oxygens (including phenoxy) is 2. The van der Waals surface area contributed by atoms with E-state index in [1.165, 1.54) is 0 Å². The Labute approximate surface area is 201 Å². The molecule has 5 aliphatic rings. The van der Waals surface area contributed by atoms with E-state index in [4.69, 9.17) is 9.47 Å². The maximum absolute atomic E-state index is 12.2. The molecular formula is C26H42O8. The van der Waals surface area contributed by atoms with E-state index in [9.17, 15) is 30.6 Å². The standard InChI is InChI=1S/C26H42O8/c1-13-15-6-5-14-10-25(15,12-24(14,4)31)7-8-26(32)16(13)9-18(23(26,2)3)34-22-21(30)20(29)19(28)17(11-27)33-22/h14-22,27-32H,1,5-12H2,2-4H3/t14-,15+,16+,17-,18+,19-,20+,21-,22+,24-,25+,26-/m1/s1. The van der Waals surface area contributed by atoms with Crippen molar-refractivity contribution in [2.24, 2.45) is 28.6 Å². The molecule has 1 aliphatic heterocycles. The second kappa shape index (κ2) is 7.96. The molecule has 0 aromatic heterocycles. The van der Waals surface area contributed by atoms with Crippen molar-refractivity contribution in [3.63, 3.8) is 0 Å². The van der Waals surface area contributed by atoms with E-state index >= 15 is 0 Å². The van der Waals surface area contributed by atoms with Crippen LogP contribution in [-0.2, 0) is 9.47 Å². The van der Waals surface area contributed by atoms with Crippen molar-refractivity contribution in [3.05, 3.63) is 12.2 Å². The van der Waals surface area contributed by atoms with Gasteiger partial charge in [-0.25, -0.2) is 0 Å². The molecule has 5 fully saturated rings. The lowest BCUT2D eigenvalue weighted by Gasteiger charge is -2.45. The van der Waals surface area contributed by atoms with E-state index in [2.05, 4.69) is 6.58 Å². The summed E-state index contributed by atoms with van der Waals surface area (Å²) < 4.78 is 11.8. The van der Waals surface area contributed by atoms with Crippen molar-refractivity contribution in [1.29, 1.82) is 0 Å². The van der Waals surface area contributed by atoms with Crippen LogP contribution >= 0.6 is 0 Å². The Hall–Kier alpha value is -0.580. The average Bonchev–Trinajstić information content (AvgIpc) is 3.06. The Balaban J connectivity index is 1.40. The van der Waals surface area contributed by atoms with E-state index < -0.39 is 60.0 Å². The zero-order valence-electron chi connectivity index (χ0n) is 20.6. The quantitative estimate of drug-likeness (QED) is 0.326. The number of fused-ring (bicyclic) bond motifs is 2. The lowest BCUT2D eigenvalue weighted by Crippen LogP contribution is -2.60. The maximum Gasteiger partial charge on any atom is 0.186 e. The summed E-state index contributed by atoms with van der Waals surface area (Å²) in [5, 5.41) is 63.6. The van der Waals surface area contributed by atoms with Gasteiger partial charge in [-0.1, -0.05) is 26.0 Å². The Morgan fingerprint density at radius 2 is 1.71 bits per heavy atom. The van der Waals surface area contributed by atoms with Crippen LogP contribution in [0.5, 0.6) is 0 Å². The van der Waals surface area contributed by atoms with Crippen LogP contribution in [0.2, 0.25) is 0 Å². The van der Waals surface area contributed by atoms with E-state index in [-0.39, 0.29) is 17.3 Å². The number of aliphatic hydroxyl groups excluding tert-OH is 4. The van der Waals surface area contributed by atoms with Crippen LogP contribution in [0, 0.1) is 28.6 Å². The summed E-state index contributed by atoms with van der Waals surface area (Å²) in [6, 6.07) is 0. The molecule has 12 atom stereocenters. The minimum absolute atomic E-state index is 0.0206. The summed E-state index contributed by atoms with van der Waals surface area (Å²) in [5.74, 6) is 0.363. The molecule has 1 saturated heterocycles. The first-order valence-corrected chi connectivity index (χ1v) is 12.9.